The van der Waals surface area contributed by atoms with E-state index in [1.807, 2.05) is 0 Å². The zero-order chi connectivity index (χ0) is 8.72. The predicted octanol–water partition coefficient (Wildman–Crippen LogP) is -1.11. The van der Waals surface area contributed by atoms with Gasteiger partial charge in [0.25, 0.3) is 0 Å². The van der Waals surface area contributed by atoms with Crippen molar-refractivity contribution in [1.82, 2.24) is 0 Å². The number of fused-ring (bicyclic) bond motifs is 1. The number of cyclic esters (lactones) is 1. The van der Waals surface area contributed by atoms with Gasteiger partial charge < -0.3 is 19.3 Å². The van der Waals surface area contributed by atoms with Crippen molar-refractivity contribution in [3.8, 4) is 0 Å². The highest BCUT2D eigenvalue weighted by Gasteiger charge is 2.53. The number of ether oxygens (including phenoxy) is 3. The van der Waals surface area contributed by atoms with Gasteiger partial charge in [-0.2, -0.15) is 0 Å². The van der Waals surface area contributed by atoms with Crippen LogP contribution in [0.3, 0.4) is 0 Å². The summed E-state index contributed by atoms with van der Waals surface area (Å²) in [6.07, 6.45) is -1.92. The summed E-state index contributed by atoms with van der Waals surface area (Å²) in [6, 6.07) is 0. The van der Waals surface area contributed by atoms with Gasteiger partial charge in [-0.15, -0.1) is 0 Å². The number of rotatable bonds is 1. The first-order chi connectivity index (χ1) is 5.74. The summed E-state index contributed by atoms with van der Waals surface area (Å²) in [5, 5.41) is 9.48. The molecule has 0 spiro atoms. The Hall–Kier alpha value is -0.650. The van der Waals surface area contributed by atoms with E-state index >= 15 is 0 Å². The molecule has 0 aromatic rings. The van der Waals surface area contributed by atoms with Gasteiger partial charge in [-0.3, -0.25) is 4.79 Å². The average molecular weight is 174 g/mol. The normalized spacial score (nSPS) is 46.0. The molecular formula is C7H10O5. The Kier molecular flexibility index (Phi) is 1.79. The van der Waals surface area contributed by atoms with Gasteiger partial charge in [0.15, 0.2) is 6.29 Å². The minimum Gasteiger partial charge on any atom is -0.463 e. The minimum atomic E-state index is -0.894. The van der Waals surface area contributed by atoms with Gasteiger partial charge in [0.05, 0.1) is 0 Å². The molecule has 2 aliphatic heterocycles. The average Bonchev–Trinajstić information content (AvgIpc) is 2.55. The van der Waals surface area contributed by atoms with Crippen LogP contribution in [-0.4, -0.2) is 43.3 Å². The number of carbonyl (C=O) groups excluding carboxylic acids is 1. The summed E-state index contributed by atoms with van der Waals surface area (Å²) in [4.78, 5) is 11.0. The number of methoxy groups -OCH3 is 1. The first kappa shape index (κ1) is 7.97. The van der Waals surface area contributed by atoms with Crippen LogP contribution in [-0.2, 0) is 19.0 Å². The first-order valence-electron chi connectivity index (χ1n) is 3.77. The van der Waals surface area contributed by atoms with Gasteiger partial charge >= 0.3 is 5.97 Å². The molecule has 5 heteroatoms. The van der Waals surface area contributed by atoms with E-state index in [4.69, 9.17) is 14.2 Å². The van der Waals surface area contributed by atoms with Gasteiger partial charge in [0, 0.05) is 7.11 Å². The van der Waals surface area contributed by atoms with Crippen LogP contribution >= 0.6 is 0 Å². The number of hydrogen-bond acceptors (Lipinski definition) is 5. The summed E-state index contributed by atoms with van der Waals surface area (Å²) in [5.41, 5.74) is 0. The molecule has 2 rings (SSSR count). The third-order valence-corrected chi connectivity index (χ3v) is 2.25. The maximum Gasteiger partial charge on any atom is 0.314 e. The van der Waals surface area contributed by atoms with E-state index in [1.54, 1.807) is 0 Å². The van der Waals surface area contributed by atoms with Crippen LogP contribution in [0, 0.1) is 5.92 Å². The smallest absolute Gasteiger partial charge is 0.314 e. The second-order valence-corrected chi connectivity index (χ2v) is 2.93. The molecule has 0 bridgehead atoms. The Bertz CT molecular complexity index is 204. The van der Waals surface area contributed by atoms with Gasteiger partial charge in [0.2, 0.25) is 0 Å². The predicted molar refractivity (Wildman–Crippen MR) is 36.1 cm³/mol. The first-order valence-corrected chi connectivity index (χ1v) is 3.77. The fraction of sp³-hybridized carbons (Fsp3) is 0.857. The SMILES string of the molecule is COC1OC2COC(=O)C2C1O. The van der Waals surface area contributed by atoms with Crippen molar-refractivity contribution in [2.75, 3.05) is 13.7 Å². The molecule has 12 heavy (non-hydrogen) atoms. The van der Waals surface area contributed by atoms with Crippen molar-refractivity contribution < 1.29 is 24.1 Å². The topological polar surface area (TPSA) is 65.0 Å². The van der Waals surface area contributed by atoms with Crippen LogP contribution in [0.2, 0.25) is 0 Å². The van der Waals surface area contributed by atoms with Crippen molar-refractivity contribution in [3.05, 3.63) is 0 Å². The maximum absolute atomic E-state index is 11.0. The number of carbonyl (C=O) groups is 1. The van der Waals surface area contributed by atoms with Crippen molar-refractivity contribution in [3.63, 3.8) is 0 Å². The largest absolute Gasteiger partial charge is 0.463 e. The molecule has 4 atom stereocenters. The Balaban J connectivity index is 2.14. The second kappa shape index (κ2) is 2.69. The maximum atomic E-state index is 11.0. The van der Waals surface area contributed by atoms with Crippen molar-refractivity contribution in [2.24, 2.45) is 5.92 Å². The van der Waals surface area contributed by atoms with Gasteiger partial charge in [-0.1, -0.05) is 0 Å². The van der Waals surface area contributed by atoms with E-state index in [0.29, 0.717) is 0 Å². The van der Waals surface area contributed by atoms with Crippen LogP contribution in [0.25, 0.3) is 0 Å². The molecule has 0 aromatic carbocycles. The zero-order valence-electron chi connectivity index (χ0n) is 6.60. The Morgan fingerprint density at radius 2 is 2.42 bits per heavy atom. The summed E-state index contributed by atoms with van der Waals surface area (Å²) >= 11 is 0. The van der Waals surface area contributed by atoms with E-state index in [2.05, 4.69) is 0 Å². The van der Waals surface area contributed by atoms with Gasteiger partial charge in [-0.25, -0.2) is 0 Å². The summed E-state index contributed by atoms with van der Waals surface area (Å²) in [7, 11) is 1.43. The Morgan fingerprint density at radius 1 is 1.67 bits per heavy atom. The quantitative estimate of drug-likeness (QED) is 0.511. The van der Waals surface area contributed by atoms with Crippen LogP contribution in [0.5, 0.6) is 0 Å². The molecule has 0 saturated carbocycles. The zero-order valence-corrected chi connectivity index (χ0v) is 6.60. The number of aliphatic hydroxyl groups excluding tert-OH is 1. The molecule has 5 nitrogen and oxygen atoms in total. The second-order valence-electron chi connectivity index (χ2n) is 2.93. The molecule has 0 radical (unpaired) electrons. The third-order valence-electron chi connectivity index (χ3n) is 2.25. The lowest BCUT2D eigenvalue weighted by atomic mass is 10.0. The van der Waals surface area contributed by atoms with E-state index in [9.17, 15) is 9.90 Å². The molecule has 2 heterocycles. The van der Waals surface area contributed by atoms with Crippen molar-refractivity contribution in [2.45, 2.75) is 18.5 Å². The molecule has 68 valence electrons. The fourth-order valence-corrected chi connectivity index (χ4v) is 1.62. The molecule has 0 aromatic heterocycles. The Morgan fingerprint density at radius 3 is 3.00 bits per heavy atom. The third kappa shape index (κ3) is 0.939. The van der Waals surface area contributed by atoms with E-state index in [-0.39, 0.29) is 12.7 Å². The molecule has 2 fully saturated rings. The highest BCUT2D eigenvalue weighted by atomic mass is 16.7. The van der Waals surface area contributed by atoms with Crippen LogP contribution in [0.15, 0.2) is 0 Å². The fourth-order valence-electron chi connectivity index (χ4n) is 1.62. The molecule has 2 saturated heterocycles. The Labute approximate surface area is 69.2 Å². The minimum absolute atomic E-state index is 0.223. The van der Waals surface area contributed by atoms with Crippen molar-refractivity contribution in [1.29, 1.82) is 0 Å². The number of hydrogen-bond donors (Lipinski definition) is 1. The molecule has 0 aliphatic carbocycles. The van der Waals surface area contributed by atoms with E-state index in [0.717, 1.165) is 0 Å². The molecule has 2 aliphatic rings. The van der Waals surface area contributed by atoms with Crippen molar-refractivity contribution >= 4 is 5.97 Å². The van der Waals surface area contributed by atoms with Crippen LogP contribution < -0.4 is 0 Å². The lowest BCUT2D eigenvalue weighted by Crippen LogP contribution is -2.31. The van der Waals surface area contributed by atoms with Gasteiger partial charge in [0.1, 0.15) is 24.7 Å². The molecule has 1 N–H and O–H groups in total. The lowest BCUT2D eigenvalue weighted by Gasteiger charge is -2.13. The summed E-state index contributed by atoms with van der Waals surface area (Å²) < 4.78 is 14.7. The highest BCUT2D eigenvalue weighted by molar-refractivity contribution is 5.76. The molecular weight excluding hydrogens is 164 g/mol. The highest BCUT2D eigenvalue weighted by Crippen LogP contribution is 2.32. The van der Waals surface area contributed by atoms with Gasteiger partial charge in [-0.05, 0) is 0 Å². The molecule has 0 amide bonds. The number of esters is 1. The molecule has 4 unspecified atom stereocenters. The van der Waals surface area contributed by atoms with Crippen LogP contribution in [0.1, 0.15) is 0 Å². The summed E-state index contributed by atoms with van der Waals surface area (Å²) in [6.45, 7) is 0.223. The number of aliphatic hydroxyl groups is 1. The lowest BCUT2D eigenvalue weighted by molar-refractivity contribution is -0.166. The van der Waals surface area contributed by atoms with E-state index < -0.39 is 24.3 Å². The van der Waals surface area contributed by atoms with E-state index in [1.165, 1.54) is 7.11 Å². The summed E-state index contributed by atoms with van der Waals surface area (Å²) in [5.74, 6) is -0.956. The monoisotopic (exact) mass is 174 g/mol. The van der Waals surface area contributed by atoms with Crippen LogP contribution in [0.4, 0.5) is 0 Å². The standard InChI is InChI=1S/C7H10O5/c1-10-7-5(8)4-3(12-7)2-11-6(4)9/h3-5,7-8H,2H2,1H3.